The van der Waals surface area contributed by atoms with Gasteiger partial charge < -0.3 is 5.73 Å². The van der Waals surface area contributed by atoms with Crippen molar-refractivity contribution < 1.29 is 4.39 Å². The van der Waals surface area contributed by atoms with Crippen LogP contribution in [-0.2, 0) is 0 Å². The average molecular weight is 210 g/mol. The normalized spacial score (nSPS) is 13.1. The first-order chi connectivity index (χ1) is 7.11. The molecule has 0 aliphatic carbocycles. The second-order valence-electron chi connectivity index (χ2n) is 4.33. The lowest BCUT2D eigenvalue weighted by molar-refractivity contribution is 0.492. The van der Waals surface area contributed by atoms with Crippen molar-refractivity contribution in [2.24, 2.45) is 11.7 Å². The molecule has 0 radical (unpaired) electrons. The van der Waals surface area contributed by atoms with Crippen molar-refractivity contribution in [1.82, 2.24) is 4.98 Å². The molecule has 84 valence electrons. The van der Waals surface area contributed by atoms with Gasteiger partial charge in [0.1, 0.15) is 5.82 Å². The Hall–Kier alpha value is -0.960. The van der Waals surface area contributed by atoms with E-state index in [9.17, 15) is 4.39 Å². The summed E-state index contributed by atoms with van der Waals surface area (Å²) in [4.78, 5) is 3.71. The number of hydrogen-bond acceptors (Lipinski definition) is 2. The first-order valence-electron chi connectivity index (χ1n) is 5.46. The molecule has 0 aromatic carbocycles. The molecule has 0 saturated heterocycles. The van der Waals surface area contributed by atoms with Gasteiger partial charge in [0.25, 0.3) is 0 Å². The van der Waals surface area contributed by atoms with E-state index < -0.39 is 0 Å². The van der Waals surface area contributed by atoms with Crippen molar-refractivity contribution in [2.45, 2.75) is 39.2 Å². The Balaban J connectivity index is 2.47. The molecule has 1 aromatic rings. The molecule has 1 heterocycles. The molecule has 2 nitrogen and oxygen atoms in total. The van der Waals surface area contributed by atoms with Gasteiger partial charge in [-0.05, 0) is 18.4 Å². The van der Waals surface area contributed by atoms with Crippen LogP contribution in [0.1, 0.15) is 44.7 Å². The van der Waals surface area contributed by atoms with Crippen molar-refractivity contribution in [1.29, 1.82) is 0 Å². The van der Waals surface area contributed by atoms with E-state index in [4.69, 9.17) is 5.73 Å². The van der Waals surface area contributed by atoms with E-state index in [-0.39, 0.29) is 11.9 Å². The zero-order valence-corrected chi connectivity index (χ0v) is 9.41. The molecule has 0 aliphatic heterocycles. The fourth-order valence-corrected chi connectivity index (χ4v) is 1.59. The SMILES string of the molecule is CC(C)CCCC(N)c1ccncc1F. The van der Waals surface area contributed by atoms with Gasteiger partial charge in [0.15, 0.2) is 0 Å². The molecular weight excluding hydrogens is 191 g/mol. The summed E-state index contributed by atoms with van der Waals surface area (Å²) in [6.45, 7) is 4.36. The lowest BCUT2D eigenvalue weighted by Crippen LogP contribution is -2.12. The maximum Gasteiger partial charge on any atom is 0.146 e. The summed E-state index contributed by atoms with van der Waals surface area (Å²) in [6, 6.07) is 1.46. The van der Waals surface area contributed by atoms with Crippen LogP contribution in [0.15, 0.2) is 18.5 Å². The molecular formula is C12H19FN2. The molecule has 2 N–H and O–H groups in total. The van der Waals surface area contributed by atoms with Gasteiger partial charge in [0.2, 0.25) is 0 Å². The first-order valence-corrected chi connectivity index (χ1v) is 5.46. The van der Waals surface area contributed by atoms with Gasteiger partial charge >= 0.3 is 0 Å². The lowest BCUT2D eigenvalue weighted by Gasteiger charge is -2.13. The smallest absolute Gasteiger partial charge is 0.146 e. The van der Waals surface area contributed by atoms with E-state index in [1.165, 1.54) is 6.20 Å². The average Bonchev–Trinajstić information content (AvgIpc) is 2.17. The Morgan fingerprint density at radius 3 is 2.73 bits per heavy atom. The quantitative estimate of drug-likeness (QED) is 0.811. The summed E-state index contributed by atoms with van der Waals surface area (Å²) in [7, 11) is 0. The van der Waals surface area contributed by atoms with Crippen LogP contribution in [0, 0.1) is 11.7 Å². The zero-order chi connectivity index (χ0) is 11.3. The van der Waals surface area contributed by atoms with Crippen LogP contribution < -0.4 is 5.73 Å². The topological polar surface area (TPSA) is 38.9 Å². The van der Waals surface area contributed by atoms with Crippen LogP contribution in [0.3, 0.4) is 0 Å². The Labute approximate surface area is 90.7 Å². The third-order valence-electron chi connectivity index (χ3n) is 2.50. The predicted molar refractivity (Wildman–Crippen MR) is 59.8 cm³/mol. The van der Waals surface area contributed by atoms with Gasteiger partial charge in [0.05, 0.1) is 6.20 Å². The van der Waals surface area contributed by atoms with Crippen LogP contribution >= 0.6 is 0 Å². The maximum atomic E-state index is 13.3. The summed E-state index contributed by atoms with van der Waals surface area (Å²) >= 11 is 0. The number of rotatable bonds is 5. The number of hydrogen-bond donors (Lipinski definition) is 1. The highest BCUT2D eigenvalue weighted by atomic mass is 19.1. The molecule has 0 aliphatic rings. The van der Waals surface area contributed by atoms with Crippen molar-refractivity contribution in [3.05, 3.63) is 29.8 Å². The first kappa shape index (κ1) is 12.1. The van der Waals surface area contributed by atoms with Gasteiger partial charge in [-0.2, -0.15) is 0 Å². The largest absolute Gasteiger partial charge is 0.324 e. The van der Waals surface area contributed by atoms with Crippen LogP contribution in [-0.4, -0.2) is 4.98 Å². The Bertz CT molecular complexity index is 299. The highest BCUT2D eigenvalue weighted by Crippen LogP contribution is 2.20. The zero-order valence-electron chi connectivity index (χ0n) is 9.41. The van der Waals surface area contributed by atoms with Crippen molar-refractivity contribution in [2.75, 3.05) is 0 Å². The summed E-state index contributed by atoms with van der Waals surface area (Å²) < 4.78 is 13.3. The van der Waals surface area contributed by atoms with E-state index in [1.54, 1.807) is 12.3 Å². The summed E-state index contributed by atoms with van der Waals surface area (Å²) in [6.07, 6.45) is 5.82. The molecule has 1 unspecified atom stereocenters. The van der Waals surface area contributed by atoms with Crippen molar-refractivity contribution in [3.8, 4) is 0 Å². The van der Waals surface area contributed by atoms with Crippen LogP contribution in [0.4, 0.5) is 4.39 Å². The minimum atomic E-state index is -0.297. The minimum absolute atomic E-state index is 0.202. The molecule has 1 rings (SSSR count). The van der Waals surface area contributed by atoms with E-state index >= 15 is 0 Å². The third kappa shape index (κ3) is 3.96. The molecule has 0 saturated carbocycles. The Morgan fingerprint density at radius 1 is 1.40 bits per heavy atom. The predicted octanol–water partition coefficient (Wildman–Crippen LogP) is 3.05. The van der Waals surface area contributed by atoms with E-state index in [2.05, 4.69) is 18.8 Å². The maximum absolute atomic E-state index is 13.3. The van der Waals surface area contributed by atoms with Crippen molar-refractivity contribution >= 4 is 0 Å². The second kappa shape index (κ2) is 5.81. The van der Waals surface area contributed by atoms with E-state index in [1.807, 2.05) is 0 Å². The third-order valence-corrected chi connectivity index (χ3v) is 2.50. The van der Waals surface area contributed by atoms with Crippen molar-refractivity contribution in [3.63, 3.8) is 0 Å². The number of aromatic nitrogens is 1. The monoisotopic (exact) mass is 210 g/mol. The summed E-state index contributed by atoms with van der Waals surface area (Å²) in [5.41, 5.74) is 6.49. The highest BCUT2D eigenvalue weighted by Gasteiger charge is 2.10. The van der Waals surface area contributed by atoms with Crippen LogP contribution in [0.25, 0.3) is 0 Å². The van der Waals surface area contributed by atoms with E-state index in [0.717, 1.165) is 19.3 Å². The van der Waals surface area contributed by atoms with E-state index in [0.29, 0.717) is 11.5 Å². The summed E-state index contributed by atoms with van der Waals surface area (Å²) in [5.74, 6) is 0.383. The molecule has 3 heteroatoms. The fourth-order valence-electron chi connectivity index (χ4n) is 1.59. The molecule has 0 bridgehead atoms. The number of nitrogens with zero attached hydrogens (tertiary/aromatic N) is 1. The second-order valence-corrected chi connectivity index (χ2v) is 4.33. The van der Waals surface area contributed by atoms with Gasteiger partial charge in [-0.25, -0.2) is 4.39 Å². The Morgan fingerprint density at radius 2 is 2.13 bits per heavy atom. The molecule has 1 atom stereocenters. The van der Waals surface area contributed by atoms with Gasteiger partial charge in [-0.15, -0.1) is 0 Å². The molecule has 1 aromatic heterocycles. The molecule has 15 heavy (non-hydrogen) atoms. The number of halogens is 1. The van der Waals surface area contributed by atoms with Crippen LogP contribution in [0.5, 0.6) is 0 Å². The van der Waals surface area contributed by atoms with Gasteiger partial charge in [0, 0.05) is 17.8 Å². The lowest BCUT2D eigenvalue weighted by atomic mass is 9.99. The highest BCUT2D eigenvalue weighted by molar-refractivity contribution is 5.16. The van der Waals surface area contributed by atoms with Gasteiger partial charge in [-0.1, -0.05) is 26.7 Å². The van der Waals surface area contributed by atoms with Gasteiger partial charge in [-0.3, -0.25) is 4.98 Å². The summed E-state index contributed by atoms with van der Waals surface area (Å²) in [5, 5.41) is 0. The number of pyridine rings is 1. The minimum Gasteiger partial charge on any atom is -0.324 e. The Kier molecular flexibility index (Phi) is 4.69. The van der Waals surface area contributed by atoms with Crippen LogP contribution in [0.2, 0.25) is 0 Å². The standard InChI is InChI=1S/C12H19FN2/c1-9(2)4-3-5-12(14)10-6-7-15-8-11(10)13/h6-9,12H,3-5,14H2,1-2H3. The fraction of sp³-hybridized carbons (Fsp3) is 0.583. The number of nitrogens with two attached hydrogens (primary N) is 1. The molecule has 0 amide bonds. The molecule has 0 spiro atoms. The molecule has 0 fully saturated rings.